The largest absolute Gasteiger partial charge is 0.508 e. The number of hydrogen-bond donors (Lipinski definition) is 2. The molecule has 1 aliphatic rings. The van der Waals surface area contributed by atoms with Gasteiger partial charge in [-0.15, -0.1) is 0 Å². The molecule has 2 rings (SSSR count). The first-order valence-electron chi connectivity index (χ1n) is 7.40. The van der Waals surface area contributed by atoms with Gasteiger partial charge in [0.05, 0.1) is 5.54 Å². The minimum Gasteiger partial charge on any atom is -0.508 e. The van der Waals surface area contributed by atoms with Crippen LogP contribution in [0.15, 0.2) is 24.3 Å². The third kappa shape index (κ3) is 3.74. The number of nitrogens with zero attached hydrogens (tertiary/aromatic N) is 2. The lowest BCUT2D eigenvalue weighted by atomic mass is 9.99. The summed E-state index contributed by atoms with van der Waals surface area (Å²) in [5.41, 5.74) is 0.426. The first kappa shape index (κ1) is 15.8. The third-order valence-electron chi connectivity index (χ3n) is 4.11. The number of amides is 1. The Kier molecular flexibility index (Phi) is 4.85. The van der Waals surface area contributed by atoms with Crippen LogP contribution in [0.4, 0.5) is 0 Å². The van der Waals surface area contributed by atoms with Crippen molar-refractivity contribution in [1.82, 2.24) is 15.1 Å². The van der Waals surface area contributed by atoms with E-state index in [1.54, 1.807) is 23.1 Å². The number of carbonyl (C=O) groups excluding carboxylic acids is 1. The Morgan fingerprint density at radius 2 is 2.05 bits per heavy atom. The number of rotatable bonds is 4. The number of nitrogens with one attached hydrogen (secondary N) is 1. The molecule has 1 aliphatic heterocycles. The van der Waals surface area contributed by atoms with Gasteiger partial charge in [0.1, 0.15) is 5.75 Å². The standard InChI is InChI=1S/C16H25N3O2/c1-16(2,19-9-7-17-8-10-19)15(21)18(3)12-13-5-4-6-14(20)11-13/h4-6,11,17,20H,7-10,12H2,1-3H3. The highest BCUT2D eigenvalue weighted by atomic mass is 16.3. The molecule has 0 saturated carbocycles. The van der Waals surface area contributed by atoms with E-state index in [0.717, 1.165) is 31.7 Å². The van der Waals surface area contributed by atoms with Crippen LogP contribution in [-0.2, 0) is 11.3 Å². The Balaban J connectivity index is 2.03. The molecule has 2 N–H and O–H groups in total. The second-order valence-corrected chi connectivity index (χ2v) is 6.13. The van der Waals surface area contributed by atoms with Gasteiger partial charge in [-0.1, -0.05) is 12.1 Å². The zero-order valence-electron chi connectivity index (χ0n) is 13.1. The molecular weight excluding hydrogens is 266 g/mol. The van der Waals surface area contributed by atoms with Gasteiger partial charge in [-0.25, -0.2) is 0 Å². The summed E-state index contributed by atoms with van der Waals surface area (Å²) in [6.07, 6.45) is 0. The fourth-order valence-electron chi connectivity index (χ4n) is 2.83. The van der Waals surface area contributed by atoms with Crippen molar-refractivity contribution >= 4 is 5.91 Å². The van der Waals surface area contributed by atoms with Crippen LogP contribution in [0.1, 0.15) is 19.4 Å². The van der Waals surface area contributed by atoms with Gasteiger partial charge in [0.2, 0.25) is 5.91 Å². The Labute approximate surface area is 126 Å². The summed E-state index contributed by atoms with van der Waals surface area (Å²) in [4.78, 5) is 16.7. The quantitative estimate of drug-likeness (QED) is 0.870. The summed E-state index contributed by atoms with van der Waals surface area (Å²) >= 11 is 0. The maximum atomic E-state index is 12.8. The molecule has 5 heteroatoms. The molecule has 0 radical (unpaired) electrons. The second kappa shape index (κ2) is 6.45. The highest BCUT2D eigenvalue weighted by Crippen LogP contribution is 2.20. The van der Waals surface area contributed by atoms with E-state index in [2.05, 4.69) is 10.2 Å². The number of phenols is 1. The number of piperazine rings is 1. The van der Waals surface area contributed by atoms with Gasteiger partial charge >= 0.3 is 0 Å². The van der Waals surface area contributed by atoms with E-state index >= 15 is 0 Å². The Bertz CT molecular complexity index is 496. The van der Waals surface area contributed by atoms with Crippen LogP contribution in [-0.4, -0.2) is 59.6 Å². The van der Waals surface area contributed by atoms with Gasteiger partial charge in [-0.2, -0.15) is 0 Å². The molecule has 1 heterocycles. The van der Waals surface area contributed by atoms with Crippen molar-refractivity contribution in [3.05, 3.63) is 29.8 Å². The average Bonchev–Trinajstić information content (AvgIpc) is 2.47. The van der Waals surface area contributed by atoms with Crippen molar-refractivity contribution in [3.63, 3.8) is 0 Å². The lowest BCUT2D eigenvalue weighted by molar-refractivity contribution is -0.142. The van der Waals surface area contributed by atoms with Gasteiger partial charge < -0.3 is 15.3 Å². The molecule has 1 saturated heterocycles. The molecule has 1 amide bonds. The van der Waals surface area contributed by atoms with Gasteiger partial charge in [0.15, 0.2) is 0 Å². The molecule has 21 heavy (non-hydrogen) atoms. The summed E-state index contributed by atoms with van der Waals surface area (Å²) in [5.74, 6) is 0.336. The van der Waals surface area contributed by atoms with E-state index in [4.69, 9.17) is 0 Å². The Morgan fingerprint density at radius 1 is 1.38 bits per heavy atom. The topological polar surface area (TPSA) is 55.8 Å². The van der Waals surface area contributed by atoms with Crippen molar-refractivity contribution < 1.29 is 9.90 Å². The summed E-state index contributed by atoms with van der Waals surface area (Å²) in [7, 11) is 1.82. The highest BCUT2D eigenvalue weighted by molar-refractivity contribution is 5.85. The predicted molar refractivity (Wildman–Crippen MR) is 83.1 cm³/mol. The van der Waals surface area contributed by atoms with Gasteiger partial charge in [0.25, 0.3) is 0 Å². The van der Waals surface area contributed by atoms with E-state index in [9.17, 15) is 9.90 Å². The molecule has 1 aromatic rings. The smallest absolute Gasteiger partial charge is 0.242 e. The number of likely N-dealkylation sites (N-methyl/N-ethyl adjacent to an activating group) is 1. The number of aromatic hydroxyl groups is 1. The van der Waals surface area contributed by atoms with Crippen LogP contribution < -0.4 is 5.32 Å². The molecule has 0 unspecified atom stereocenters. The molecule has 1 aromatic carbocycles. The Hall–Kier alpha value is -1.59. The van der Waals surface area contributed by atoms with Crippen molar-refractivity contribution in [2.75, 3.05) is 33.2 Å². The van der Waals surface area contributed by atoms with Crippen molar-refractivity contribution in [1.29, 1.82) is 0 Å². The summed E-state index contributed by atoms with van der Waals surface area (Å²) < 4.78 is 0. The number of hydrogen-bond acceptors (Lipinski definition) is 4. The number of carbonyl (C=O) groups is 1. The first-order chi connectivity index (χ1) is 9.91. The van der Waals surface area contributed by atoms with Gasteiger partial charge in [-0.3, -0.25) is 9.69 Å². The van der Waals surface area contributed by atoms with E-state index in [1.165, 1.54) is 0 Å². The molecular formula is C16H25N3O2. The highest BCUT2D eigenvalue weighted by Gasteiger charge is 2.37. The zero-order valence-corrected chi connectivity index (χ0v) is 13.1. The first-order valence-corrected chi connectivity index (χ1v) is 7.40. The predicted octanol–water partition coefficient (Wildman–Crippen LogP) is 1.03. The lowest BCUT2D eigenvalue weighted by Crippen LogP contribution is -2.60. The average molecular weight is 291 g/mol. The summed E-state index contributed by atoms with van der Waals surface area (Å²) in [6, 6.07) is 7.04. The van der Waals surface area contributed by atoms with Crippen LogP contribution in [0.25, 0.3) is 0 Å². The van der Waals surface area contributed by atoms with Gasteiger partial charge in [0, 0.05) is 39.8 Å². The molecule has 0 spiro atoms. The van der Waals surface area contributed by atoms with E-state index in [1.807, 2.05) is 27.0 Å². The minimum atomic E-state index is -0.506. The minimum absolute atomic E-state index is 0.104. The van der Waals surface area contributed by atoms with Crippen LogP contribution >= 0.6 is 0 Å². The van der Waals surface area contributed by atoms with Crippen molar-refractivity contribution in [2.45, 2.75) is 25.9 Å². The number of benzene rings is 1. The van der Waals surface area contributed by atoms with E-state index < -0.39 is 5.54 Å². The summed E-state index contributed by atoms with van der Waals surface area (Å²) in [6.45, 7) is 8.10. The Morgan fingerprint density at radius 3 is 2.67 bits per heavy atom. The van der Waals surface area contributed by atoms with Crippen molar-refractivity contribution in [2.24, 2.45) is 0 Å². The van der Waals surface area contributed by atoms with Gasteiger partial charge in [-0.05, 0) is 31.5 Å². The molecule has 0 aromatic heterocycles. The molecule has 1 fully saturated rings. The monoisotopic (exact) mass is 291 g/mol. The fraction of sp³-hybridized carbons (Fsp3) is 0.562. The molecule has 116 valence electrons. The molecule has 0 bridgehead atoms. The normalized spacial score (nSPS) is 16.7. The third-order valence-corrected chi connectivity index (χ3v) is 4.11. The number of phenolic OH excluding ortho intramolecular Hbond substituents is 1. The lowest BCUT2D eigenvalue weighted by Gasteiger charge is -2.41. The maximum Gasteiger partial charge on any atom is 0.242 e. The molecule has 0 aliphatic carbocycles. The van der Waals surface area contributed by atoms with Crippen LogP contribution in [0.5, 0.6) is 5.75 Å². The fourth-order valence-corrected chi connectivity index (χ4v) is 2.83. The van der Waals surface area contributed by atoms with E-state index in [-0.39, 0.29) is 11.7 Å². The maximum absolute atomic E-state index is 12.8. The van der Waals surface area contributed by atoms with E-state index in [0.29, 0.717) is 6.54 Å². The molecule has 5 nitrogen and oxygen atoms in total. The van der Waals surface area contributed by atoms with Crippen LogP contribution in [0, 0.1) is 0 Å². The summed E-state index contributed by atoms with van der Waals surface area (Å²) in [5, 5.41) is 12.8. The molecule has 0 atom stereocenters. The second-order valence-electron chi connectivity index (χ2n) is 6.13. The van der Waals surface area contributed by atoms with Crippen molar-refractivity contribution in [3.8, 4) is 5.75 Å². The zero-order chi connectivity index (χ0) is 15.5. The SMILES string of the molecule is CN(Cc1cccc(O)c1)C(=O)C(C)(C)N1CCNCC1. The van der Waals surface area contributed by atoms with Crippen LogP contribution in [0.3, 0.4) is 0 Å². The van der Waals surface area contributed by atoms with Crippen LogP contribution in [0.2, 0.25) is 0 Å².